The van der Waals surface area contributed by atoms with Crippen LogP contribution in [0.3, 0.4) is 0 Å². The van der Waals surface area contributed by atoms with E-state index in [-0.39, 0.29) is 23.0 Å². The maximum Gasteiger partial charge on any atom is 0.0672 e. The molecule has 0 aromatic carbocycles. The summed E-state index contributed by atoms with van der Waals surface area (Å²) in [6, 6.07) is 0.120. The molecule has 0 spiro atoms. The van der Waals surface area contributed by atoms with Gasteiger partial charge in [0.25, 0.3) is 0 Å². The van der Waals surface area contributed by atoms with Gasteiger partial charge in [-0.2, -0.15) is 0 Å². The highest BCUT2D eigenvalue weighted by molar-refractivity contribution is 5.12. The highest BCUT2D eigenvalue weighted by atomic mass is 16.3. The molecule has 60 valence electrons. The molecule has 2 nitrogen and oxygen atoms in total. The minimum Gasteiger partial charge on any atom is -0.392 e. The first-order valence-corrected chi connectivity index (χ1v) is 3.75. The van der Waals surface area contributed by atoms with E-state index in [1.807, 2.05) is 27.7 Å². The molecule has 3 N–H and O–H groups in total. The highest BCUT2D eigenvalue weighted by Gasteiger charge is 2.59. The van der Waals surface area contributed by atoms with Gasteiger partial charge in [0, 0.05) is 16.9 Å². The summed E-state index contributed by atoms with van der Waals surface area (Å²) in [6.45, 7) is 8.03. The summed E-state index contributed by atoms with van der Waals surface area (Å²) in [7, 11) is 0. The predicted molar refractivity (Wildman–Crippen MR) is 41.5 cm³/mol. The number of aliphatic hydroxyl groups is 1. The van der Waals surface area contributed by atoms with Gasteiger partial charge in [0.15, 0.2) is 0 Å². The lowest BCUT2D eigenvalue weighted by atomic mass is 9.50. The summed E-state index contributed by atoms with van der Waals surface area (Å²) in [5, 5.41) is 9.59. The van der Waals surface area contributed by atoms with Crippen molar-refractivity contribution in [2.45, 2.75) is 39.8 Å². The van der Waals surface area contributed by atoms with Gasteiger partial charge < -0.3 is 10.8 Å². The monoisotopic (exact) mass is 143 g/mol. The maximum atomic E-state index is 9.59. The van der Waals surface area contributed by atoms with E-state index in [0.29, 0.717) is 0 Å². The van der Waals surface area contributed by atoms with Gasteiger partial charge in [0.1, 0.15) is 0 Å². The van der Waals surface area contributed by atoms with Crippen molar-refractivity contribution in [2.75, 3.05) is 0 Å². The predicted octanol–water partition coefficient (Wildman–Crippen LogP) is 0.741. The molecule has 0 aromatic heterocycles. The Morgan fingerprint density at radius 1 is 1.10 bits per heavy atom. The van der Waals surface area contributed by atoms with E-state index in [9.17, 15) is 5.11 Å². The zero-order chi connectivity index (χ0) is 8.15. The molecule has 0 unspecified atom stereocenters. The Morgan fingerprint density at radius 3 is 1.50 bits per heavy atom. The Kier molecular flexibility index (Phi) is 1.40. The van der Waals surface area contributed by atoms with Crippen molar-refractivity contribution in [2.24, 2.45) is 16.6 Å². The van der Waals surface area contributed by atoms with Crippen LogP contribution in [-0.4, -0.2) is 17.3 Å². The SMILES string of the molecule is CC1(C)[C@H](N)C(C)(C)[C@H]1O. The minimum absolute atomic E-state index is 0.0938. The third-order valence-corrected chi connectivity index (χ3v) is 3.01. The van der Waals surface area contributed by atoms with Gasteiger partial charge >= 0.3 is 0 Å². The maximum absolute atomic E-state index is 9.59. The number of hydrogen-bond donors (Lipinski definition) is 2. The molecule has 0 amide bonds. The molecular weight excluding hydrogens is 126 g/mol. The summed E-state index contributed by atoms with van der Waals surface area (Å²) in [4.78, 5) is 0. The van der Waals surface area contributed by atoms with Crippen LogP contribution in [0.4, 0.5) is 0 Å². The fourth-order valence-electron chi connectivity index (χ4n) is 2.16. The van der Waals surface area contributed by atoms with Gasteiger partial charge in [-0.05, 0) is 0 Å². The normalized spacial score (nSPS) is 42.6. The third-order valence-electron chi connectivity index (χ3n) is 3.01. The second-order valence-electron chi connectivity index (χ2n) is 4.52. The highest BCUT2D eigenvalue weighted by Crippen LogP contribution is 2.52. The summed E-state index contributed by atoms with van der Waals surface area (Å²) >= 11 is 0. The summed E-state index contributed by atoms with van der Waals surface area (Å²) in [5.74, 6) is 0. The number of aliphatic hydroxyl groups excluding tert-OH is 1. The molecule has 0 bridgehead atoms. The van der Waals surface area contributed by atoms with Crippen LogP contribution < -0.4 is 5.73 Å². The first kappa shape index (κ1) is 8.02. The second kappa shape index (κ2) is 1.74. The van der Waals surface area contributed by atoms with E-state index in [2.05, 4.69) is 0 Å². The number of hydrogen-bond acceptors (Lipinski definition) is 2. The second-order valence-corrected chi connectivity index (χ2v) is 4.52. The van der Waals surface area contributed by atoms with Crippen LogP contribution in [0.15, 0.2) is 0 Å². The lowest BCUT2D eigenvalue weighted by Gasteiger charge is -2.60. The molecule has 0 heterocycles. The summed E-state index contributed by atoms with van der Waals surface area (Å²) in [6.07, 6.45) is -0.255. The largest absolute Gasteiger partial charge is 0.392 e. The quantitative estimate of drug-likeness (QED) is 0.525. The third kappa shape index (κ3) is 0.663. The molecule has 1 aliphatic carbocycles. The molecule has 0 saturated heterocycles. The molecule has 1 rings (SSSR count). The molecule has 0 radical (unpaired) electrons. The Bertz CT molecular complexity index is 121. The molecule has 1 saturated carbocycles. The first-order chi connectivity index (χ1) is 4.31. The van der Waals surface area contributed by atoms with Crippen LogP contribution >= 0.6 is 0 Å². The van der Waals surface area contributed by atoms with Gasteiger partial charge in [-0.25, -0.2) is 0 Å². The van der Waals surface area contributed by atoms with Crippen molar-refractivity contribution in [3.8, 4) is 0 Å². The Balaban J connectivity index is 2.78. The fraction of sp³-hybridized carbons (Fsp3) is 1.00. The van der Waals surface area contributed by atoms with Crippen molar-refractivity contribution in [1.82, 2.24) is 0 Å². The van der Waals surface area contributed by atoms with Crippen LogP contribution in [-0.2, 0) is 0 Å². The van der Waals surface area contributed by atoms with Crippen LogP contribution in [0, 0.1) is 10.8 Å². The molecule has 1 fully saturated rings. The zero-order valence-corrected chi connectivity index (χ0v) is 7.18. The lowest BCUT2D eigenvalue weighted by molar-refractivity contribution is -0.170. The van der Waals surface area contributed by atoms with Crippen molar-refractivity contribution in [1.29, 1.82) is 0 Å². The van der Waals surface area contributed by atoms with E-state index in [4.69, 9.17) is 5.73 Å². The van der Waals surface area contributed by atoms with Gasteiger partial charge in [-0.1, -0.05) is 27.7 Å². The Morgan fingerprint density at radius 2 is 1.40 bits per heavy atom. The average Bonchev–Trinajstić information content (AvgIpc) is 1.84. The van der Waals surface area contributed by atoms with E-state index in [1.165, 1.54) is 0 Å². The van der Waals surface area contributed by atoms with Crippen molar-refractivity contribution < 1.29 is 5.11 Å². The van der Waals surface area contributed by atoms with E-state index < -0.39 is 0 Å². The van der Waals surface area contributed by atoms with Gasteiger partial charge in [0.05, 0.1) is 6.10 Å². The van der Waals surface area contributed by atoms with Gasteiger partial charge in [0.2, 0.25) is 0 Å². The lowest BCUT2D eigenvalue weighted by Crippen LogP contribution is -2.71. The summed E-state index contributed by atoms with van der Waals surface area (Å²) < 4.78 is 0. The first-order valence-electron chi connectivity index (χ1n) is 3.75. The van der Waals surface area contributed by atoms with Crippen LogP contribution in [0.1, 0.15) is 27.7 Å². The molecule has 2 heteroatoms. The topological polar surface area (TPSA) is 46.2 Å². The van der Waals surface area contributed by atoms with Crippen molar-refractivity contribution >= 4 is 0 Å². The van der Waals surface area contributed by atoms with Gasteiger partial charge in [-0.3, -0.25) is 0 Å². The van der Waals surface area contributed by atoms with E-state index >= 15 is 0 Å². The van der Waals surface area contributed by atoms with Crippen molar-refractivity contribution in [3.05, 3.63) is 0 Å². The molecule has 0 atom stereocenters. The Hall–Kier alpha value is -0.0800. The molecule has 10 heavy (non-hydrogen) atoms. The van der Waals surface area contributed by atoms with Crippen LogP contribution in [0.5, 0.6) is 0 Å². The molecular formula is C8H17NO. The smallest absolute Gasteiger partial charge is 0.0672 e. The van der Waals surface area contributed by atoms with Gasteiger partial charge in [-0.15, -0.1) is 0 Å². The fourth-order valence-corrected chi connectivity index (χ4v) is 2.16. The summed E-state index contributed by atoms with van der Waals surface area (Å²) in [5.41, 5.74) is 5.68. The average molecular weight is 143 g/mol. The minimum atomic E-state index is -0.255. The standard InChI is InChI=1S/C8H17NO/c1-7(2)5(9)8(3,4)6(7)10/h5-6,10H,9H2,1-4H3/t5-,6-. The van der Waals surface area contributed by atoms with Crippen LogP contribution in [0.25, 0.3) is 0 Å². The number of rotatable bonds is 0. The van der Waals surface area contributed by atoms with Crippen LogP contribution in [0.2, 0.25) is 0 Å². The number of nitrogens with two attached hydrogens (primary N) is 1. The van der Waals surface area contributed by atoms with Crippen molar-refractivity contribution in [3.63, 3.8) is 0 Å². The zero-order valence-electron chi connectivity index (χ0n) is 7.18. The Labute approximate surface area is 62.4 Å². The van der Waals surface area contributed by atoms with E-state index in [0.717, 1.165) is 0 Å². The molecule has 0 aliphatic heterocycles. The van der Waals surface area contributed by atoms with E-state index in [1.54, 1.807) is 0 Å². The molecule has 1 aliphatic rings. The molecule has 0 aromatic rings.